The quantitative estimate of drug-likeness (QED) is 0.750. The molecule has 1 aromatic rings. The number of Topliss-reactive ketones (excluding diaryl/α,β-unsaturated/α-hetero) is 1. The van der Waals surface area contributed by atoms with E-state index < -0.39 is 0 Å². The lowest BCUT2D eigenvalue weighted by atomic mass is 10.0. The van der Waals surface area contributed by atoms with Gasteiger partial charge in [-0.25, -0.2) is 0 Å². The zero-order valence-electron chi connectivity index (χ0n) is 9.75. The highest BCUT2D eigenvalue weighted by atomic mass is 79.9. The van der Waals surface area contributed by atoms with E-state index in [0.717, 1.165) is 17.7 Å². The monoisotopic (exact) mass is 284 g/mol. The first-order valence-electron chi connectivity index (χ1n) is 5.53. The van der Waals surface area contributed by atoms with E-state index in [0.29, 0.717) is 18.4 Å². The molecule has 88 valence electrons. The molecule has 16 heavy (non-hydrogen) atoms. The van der Waals surface area contributed by atoms with Crippen molar-refractivity contribution in [3.8, 4) is 5.75 Å². The lowest BCUT2D eigenvalue weighted by Gasteiger charge is -2.10. The van der Waals surface area contributed by atoms with Gasteiger partial charge in [-0.1, -0.05) is 35.0 Å². The molecule has 0 N–H and O–H groups in total. The van der Waals surface area contributed by atoms with Crippen LogP contribution in [0.2, 0.25) is 0 Å². The van der Waals surface area contributed by atoms with Crippen LogP contribution < -0.4 is 4.74 Å². The Kier molecular flexibility index (Phi) is 5.53. The van der Waals surface area contributed by atoms with Gasteiger partial charge in [0.1, 0.15) is 11.5 Å². The van der Waals surface area contributed by atoms with Crippen LogP contribution in [-0.4, -0.2) is 17.7 Å². The van der Waals surface area contributed by atoms with Gasteiger partial charge in [-0.15, -0.1) is 0 Å². The predicted molar refractivity (Wildman–Crippen MR) is 69.5 cm³/mol. The van der Waals surface area contributed by atoms with Crippen LogP contribution in [0.5, 0.6) is 5.75 Å². The molecule has 0 unspecified atom stereocenters. The van der Waals surface area contributed by atoms with Crippen LogP contribution in [-0.2, 0) is 17.6 Å². The van der Waals surface area contributed by atoms with Crippen molar-refractivity contribution in [2.24, 2.45) is 0 Å². The summed E-state index contributed by atoms with van der Waals surface area (Å²) >= 11 is 3.17. The Bertz CT molecular complexity index is 361. The molecule has 0 saturated heterocycles. The maximum absolute atomic E-state index is 11.4. The molecule has 0 fully saturated rings. The summed E-state index contributed by atoms with van der Waals surface area (Å²) in [5.41, 5.74) is 2.21. The number of alkyl halides is 1. The molecule has 3 heteroatoms. The van der Waals surface area contributed by atoms with Crippen molar-refractivity contribution in [3.63, 3.8) is 0 Å². The van der Waals surface area contributed by atoms with Crippen LogP contribution in [0, 0.1) is 0 Å². The summed E-state index contributed by atoms with van der Waals surface area (Å²) in [6.45, 7) is 4.69. The van der Waals surface area contributed by atoms with E-state index in [1.807, 2.05) is 19.1 Å². The summed E-state index contributed by atoms with van der Waals surface area (Å²) in [5.74, 6) is 1.02. The molecular weight excluding hydrogens is 268 g/mol. The molecule has 0 radical (unpaired) electrons. The molecule has 1 rings (SSSR count). The number of rotatable bonds is 6. The summed E-state index contributed by atoms with van der Waals surface area (Å²) < 4.78 is 5.56. The van der Waals surface area contributed by atoms with Crippen LogP contribution in [0.25, 0.3) is 0 Å². The highest BCUT2D eigenvalue weighted by Gasteiger charge is 2.08. The smallest absolute Gasteiger partial charge is 0.147 e. The van der Waals surface area contributed by atoms with Gasteiger partial charge in [0, 0.05) is 12.0 Å². The van der Waals surface area contributed by atoms with Crippen LogP contribution in [0.4, 0.5) is 0 Å². The summed E-state index contributed by atoms with van der Waals surface area (Å²) in [6.07, 6.45) is 1.41. The molecule has 0 aliphatic heterocycles. The fraction of sp³-hybridized carbons (Fsp3) is 0.462. The lowest BCUT2D eigenvalue weighted by molar-refractivity contribution is -0.115. The van der Waals surface area contributed by atoms with Crippen molar-refractivity contribution in [2.75, 3.05) is 11.9 Å². The molecule has 1 aromatic carbocycles. The average molecular weight is 285 g/mol. The van der Waals surface area contributed by atoms with Crippen molar-refractivity contribution in [3.05, 3.63) is 29.3 Å². The fourth-order valence-corrected chi connectivity index (χ4v) is 1.71. The number of halogens is 1. The fourth-order valence-electron chi connectivity index (χ4n) is 1.51. The molecule has 0 spiro atoms. The van der Waals surface area contributed by atoms with E-state index in [1.54, 1.807) is 0 Å². The molecule has 0 atom stereocenters. The molecule has 0 bridgehead atoms. The minimum absolute atomic E-state index is 0.171. The summed E-state index contributed by atoms with van der Waals surface area (Å²) in [5, 5.41) is 0.397. The number of hydrogen-bond acceptors (Lipinski definition) is 2. The highest BCUT2D eigenvalue weighted by molar-refractivity contribution is 9.09. The molecule has 0 aliphatic rings. The first-order chi connectivity index (χ1) is 7.71. The van der Waals surface area contributed by atoms with Crippen LogP contribution in [0.15, 0.2) is 18.2 Å². The minimum atomic E-state index is 0.171. The van der Waals surface area contributed by atoms with E-state index in [-0.39, 0.29) is 5.78 Å². The first kappa shape index (κ1) is 13.2. The standard InChI is InChI=1S/C13H17BrO2/c1-3-10-5-6-11(8-12(15)9-14)13(7-10)16-4-2/h5-7H,3-4,8-9H2,1-2H3. The predicted octanol–water partition coefficient (Wildman–Crippen LogP) is 3.15. The number of ketones is 1. The zero-order valence-corrected chi connectivity index (χ0v) is 11.3. The van der Waals surface area contributed by atoms with E-state index in [9.17, 15) is 4.79 Å². The van der Waals surface area contributed by atoms with Gasteiger partial charge in [0.05, 0.1) is 11.9 Å². The van der Waals surface area contributed by atoms with Gasteiger partial charge in [0.2, 0.25) is 0 Å². The topological polar surface area (TPSA) is 26.3 Å². The summed E-state index contributed by atoms with van der Waals surface area (Å²) in [6, 6.07) is 6.07. The first-order valence-corrected chi connectivity index (χ1v) is 6.65. The van der Waals surface area contributed by atoms with Crippen LogP contribution in [0.3, 0.4) is 0 Å². The zero-order chi connectivity index (χ0) is 12.0. The maximum Gasteiger partial charge on any atom is 0.147 e. The van der Waals surface area contributed by atoms with E-state index in [1.165, 1.54) is 5.56 Å². The summed E-state index contributed by atoms with van der Waals surface area (Å²) in [7, 11) is 0. The Morgan fingerprint density at radius 3 is 2.69 bits per heavy atom. The van der Waals surface area contributed by atoms with Gasteiger partial charge in [0.25, 0.3) is 0 Å². The SMILES string of the molecule is CCOc1cc(CC)ccc1CC(=O)CBr. The number of aryl methyl sites for hydroxylation is 1. The Balaban J connectivity index is 2.93. The number of carbonyl (C=O) groups excluding carboxylic acids is 1. The molecule has 0 heterocycles. The maximum atomic E-state index is 11.4. The Labute approximate surface area is 105 Å². The number of ether oxygens (including phenoxy) is 1. The average Bonchev–Trinajstić information content (AvgIpc) is 2.31. The molecule has 2 nitrogen and oxygen atoms in total. The molecular formula is C13H17BrO2. The number of hydrogen-bond donors (Lipinski definition) is 0. The van der Waals surface area contributed by atoms with Gasteiger partial charge < -0.3 is 4.74 Å². The third-order valence-electron chi connectivity index (χ3n) is 2.38. The van der Waals surface area contributed by atoms with Crippen molar-refractivity contribution >= 4 is 21.7 Å². The van der Waals surface area contributed by atoms with E-state index in [4.69, 9.17) is 4.74 Å². The summed E-state index contributed by atoms with van der Waals surface area (Å²) in [4.78, 5) is 11.4. The molecule has 0 aliphatic carbocycles. The third-order valence-corrected chi connectivity index (χ3v) is 3.00. The second-order valence-electron chi connectivity index (χ2n) is 3.58. The third kappa shape index (κ3) is 3.63. The van der Waals surface area contributed by atoms with Gasteiger partial charge in [-0.05, 0) is 25.0 Å². The van der Waals surface area contributed by atoms with Gasteiger partial charge >= 0.3 is 0 Å². The van der Waals surface area contributed by atoms with Gasteiger partial charge in [0.15, 0.2) is 0 Å². The van der Waals surface area contributed by atoms with Crippen LogP contribution >= 0.6 is 15.9 Å². The Morgan fingerprint density at radius 2 is 2.12 bits per heavy atom. The van der Waals surface area contributed by atoms with E-state index in [2.05, 4.69) is 28.9 Å². The van der Waals surface area contributed by atoms with Crippen molar-refractivity contribution in [1.29, 1.82) is 0 Å². The number of carbonyl (C=O) groups is 1. The Morgan fingerprint density at radius 1 is 1.38 bits per heavy atom. The molecule has 0 saturated carbocycles. The number of benzene rings is 1. The van der Waals surface area contributed by atoms with Crippen molar-refractivity contribution in [1.82, 2.24) is 0 Å². The molecule has 0 amide bonds. The highest BCUT2D eigenvalue weighted by Crippen LogP contribution is 2.22. The second kappa shape index (κ2) is 6.69. The van der Waals surface area contributed by atoms with Crippen molar-refractivity contribution < 1.29 is 9.53 Å². The van der Waals surface area contributed by atoms with Crippen LogP contribution in [0.1, 0.15) is 25.0 Å². The normalized spacial score (nSPS) is 10.2. The molecule has 0 aromatic heterocycles. The largest absolute Gasteiger partial charge is 0.494 e. The van der Waals surface area contributed by atoms with Gasteiger partial charge in [-0.3, -0.25) is 4.79 Å². The minimum Gasteiger partial charge on any atom is -0.494 e. The van der Waals surface area contributed by atoms with Gasteiger partial charge in [-0.2, -0.15) is 0 Å². The Hall–Kier alpha value is -0.830. The second-order valence-corrected chi connectivity index (χ2v) is 4.14. The van der Waals surface area contributed by atoms with Crippen molar-refractivity contribution in [2.45, 2.75) is 26.7 Å². The van der Waals surface area contributed by atoms with E-state index >= 15 is 0 Å². The lowest BCUT2D eigenvalue weighted by Crippen LogP contribution is -2.06.